The Morgan fingerprint density at radius 1 is 1.57 bits per heavy atom. The molecular formula is C9H17NO4. The van der Waals surface area contributed by atoms with Crippen molar-refractivity contribution in [1.82, 2.24) is 0 Å². The van der Waals surface area contributed by atoms with E-state index in [1.165, 1.54) is 6.92 Å². The van der Waals surface area contributed by atoms with Gasteiger partial charge in [-0.3, -0.25) is 14.9 Å². The summed E-state index contributed by atoms with van der Waals surface area (Å²) in [6.45, 7) is 4.82. The highest BCUT2D eigenvalue weighted by molar-refractivity contribution is 5.66. The largest absolute Gasteiger partial charge is 0.455 e. The molecule has 0 aromatic carbocycles. The summed E-state index contributed by atoms with van der Waals surface area (Å²) in [5.74, 6) is -0.422. The van der Waals surface area contributed by atoms with Gasteiger partial charge in [-0.1, -0.05) is 20.3 Å². The Morgan fingerprint density at radius 3 is 2.50 bits per heavy atom. The Kier molecular flexibility index (Phi) is 5.83. The van der Waals surface area contributed by atoms with E-state index in [1.54, 1.807) is 0 Å². The Bertz CT molecular complexity index is 189. The summed E-state index contributed by atoms with van der Waals surface area (Å²) in [5, 5.41) is 10.3. The molecule has 1 unspecified atom stereocenters. The van der Waals surface area contributed by atoms with Gasteiger partial charge in [0, 0.05) is 11.8 Å². The standard InChI is InChI=1S/C9H17NO4/c1-4-5-7(2)9(6-10(12)13)14-8(3)11/h7,9H,4-6H2,1-3H3/t7?,9-/m0/s1. The van der Waals surface area contributed by atoms with E-state index in [0.29, 0.717) is 0 Å². The van der Waals surface area contributed by atoms with Crippen molar-refractivity contribution < 1.29 is 14.5 Å². The van der Waals surface area contributed by atoms with E-state index >= 15 is 0 Å². The van der Waals surface area contributed by atoms with Crippen LogP contribution in [0, 0.1) is 16.0 Å². The zero-order valence-corrected chi connectivity index (χ0v) is 8.86. The maximum absolute atomic E-state index is 10.7. The fourth-order valence-electron chi connectivity index (χ4n) is 1.33. The molecule has 0 rings (SSSR count). The molecule has 0 saturated heterocycles. The van der Waals surface area contributed by atoms with Crippen LogP contribution in [0.1, 0.15) is 33.6 Å². The number of nitro groups is 1. The van der Waals surface area contributed by atoms with E-state index in [4.69, 9.17) is 4.74 Å². The zero-order valence-electron chi connectivity index (χ0n) is 8.86. The van der Waals surface area contributed by atoms with Crippen LogP contribution < -0.4 is 0 Å². The van der Waals surface area contributed by atoms with Gasteiger partial charge in [0.25, 0.3) is 0 Å². The third kappa shape index (κ3) is 5.50. The Morgan fingerprint density at radius 2 is 2.14 bits per heavy atom. The van der Waals surface area contributed by atoms with E-state index in [9.17, 15) is 14.9 Å². The molecule has 0 fully saturated rings. The number of rotatable bonds is 6. The molecule has 0 aromatic heterocycles. The number of hydrogen-bond donors (Lipinski definition) is 0. The number of esters is 1. The summed E-state index contributed by atoms with van der Waals surface area (Å²) in [6, 6.07) is 0. The van der Waals surface area contributed by atoms with Crippen LogP contribution in [0.4, 0.5) is 0 Å². The summed E-state index contributed by atoms with van der Waals surface area (Å²) >= 11 is 0. The molecule has 0 heterocycles. The third-order valence-corrected chi connectivity index (χ3v) is 2.03. The molecule has 0 radical (unpaired) electrons. The quantitative estimate of drug-likeness (QED) is 0.373. The molecule has 0 amide bonds. The van der Waals surface area contributed by atoms with Gasteiger partial charge in [0.2, 0.25) is 6.54 Å². The lowest BCUT2D eigenvalue weighted by molar-refractivity contribution is -0.491. The van der Waals surface area contributed by atoms with Crippen LogP contribution in [0.2, 0.25) is 0 Å². The predicted molar refractivity (Wildman–Crippen MR) is 51.5 cm³/mol. The van der Waals surface area contributed by atoms with Crippen molar-refractivity contribution in [2.75, 3.05) is 6.54 Å². The fraction of sp³-hybridized carbons (Fsp3) is 0.889. The summed E-state index contributed by atoms with van der Waals surface area (Å²) in [4.78, 5) is 20.6. The lowest BCUT2D eigenvalue weighted by atomic mass is 9.99. The minimum atomic E-state index is -0.595. The molecule has 0 aromatic rings. The van der Waals surface area contributed by atoms with Crippen LogP contribution >= 0.6 is 0 Å². The second-order valence-electron chi connectivity index (χ2n) is 3.43. The van der Waals surface area contributed by atoms with E-state index < -0.39 is 17.0 Å². The van der Waals surface area contributed by atoms with Crippen molar-refractivity contribution in [3.05, 3.63) is 10.1 Å². The molecule has 0 spiro atoms. The van der Waals surface area contributed by atoms with E-state index in [1.807, 2.05) is 13.8 Å². The molecule has 0 N–H and O–H groups in total. The smallest absolute Gasteiger partial charge is 0.303 e. The van der Waals surface area contributed by atoms with Crippen LogP contribution in [-0.4, -0.2) is 23.5 Å². The molecule has 2 atom stereocenters. The molecule has 14 heavy (non-hydrogen) atoms. The van der Waals surface area contributed by atoms with Crippen molar-refractivity contribution >= 4 is 5.97 Å². The third-order valence-electron chi connectivity index (χ3n) is 2.03. The lowest BCUT2D eigenvalue weighted by Crippen LogP contribution is -2.31. The first kappa shape index (κ1) is 12.9. The number of ether oxygens (including phenoxy) is 1. The van der Waals surface area contributed by atoms with Crippen molar-refractivity contribution in [2.24, 2.45) is 5.92 Å². The van der Waals surface area contributed by atoms with Gasteiger partial charge in [-0.25, -0.2) is 0 Å². The van der Waals surface area contributed by atoms with Crippen LogP contribution in [0.5, 0.6) is 0 Å². The van der Waals surface area contributed by atoms with Crippen LogP contribution in [0.3, 0.4) is 0 Å². The summed E-state index contributed by atoms with van der Waals surface area (Å²) in [5.41, 5.74) is 0. The van der Waals surface area contributed by atoms with Crippen LogP contribution in [-0.2, 0) is 9.53 Å². The first-order valence-corrected chi connectivity index (χ1v) is 4.76. The van der Waals surface area contributed by atoms with Crippen molar-refractivity contribution in [3.63, 3.8) is 0 Å². The molecular weight excluding hydrogens is 186 g/mol. The van der Waals surface area contributed by atoms with Gasteiger partial charge in [-0.05, 0) is 12.3 Å². The number of nitrogens with zero attached hydrogens (tertiary/aromatic N) is 1. The van der Waals surface area contributed by atoms with E-state index in [-0.39, 0.29) is 12.5 Å². The SMILES string of the molecule is CCCC(C)[C@H](C[N+](=O)[O-])OC(C)=O. The van der Waals surface area contributed by atoms with E-state index in [0.717, 1.165) is 12.8 Å². The maximum Gasteiger partial charge on any atom is 0.303 e. The van der Waals surface area contributed by atoms with Gasteiger partial charge in [-0.15, -0.1) is 0 Å². The zero-order chi connectivity index (χ0) is 11.1. The van der Waals surface area contributed by atoms with Crippen molar-refractivity contribution in [2.45, 2.75) is 39.7 Å². The van der Waals surface area contributed by atoms with Crippen LogP contribution in [0.15, 0.2) is 0 Å². The van der Waals surface area contributed by atoms with Gasteiger partial charge >= 0.3 is 5.97 Å². The summed E-state index contributed by atoms with van der Waals surface area (Å²) in [6.07, 6.45) is 1.16. The van der Waals surface area contributed by atoms with Gasteiger partial charge in [-0.2, -0.15) is 0 Å². The second-order valence-corrected chi connectivity index (χ2v) is 3.43. The highest BCUT2D eigenvalue weighted by Crippen LogP contribution is 2.14. The molecule has 82 valence electrons. The number of hydrogen-bond acceptors (Lipinski definition) is 4. The average Bonchev–Trinajstić information content (AvgIpc) is 2.01. The molecule has 0 aliphatic heterocycles. The van der Waals surface area contributed by atoms with Gasteiger partial charge in [0.15, 0.2) is 6.10 Å². The Labute approximate surface area is 83.6 Å². The Balaban J connectivity index is 4.21. The van der Waals surface area contributed by atoms with Crippen molar-refractivity contribution in [3.8, 4) is 0 Å². The fourth-order valence-corrected chi connectivity index (χ4v) is 1.33. The molecule has 0 aliphatic rings. The second kappa shape index (κ2) is 6.34. The predicted octanol–water partition coefficient (Wildman–Crippen LogP) is 1.63. The molecule has 5 nitrogen and oxygen atoms in total. The normalized spacial score (nSPS) is 14.5. The van der Waals surface area contributed by atoms with Gasteiger partial charge in [0.1, 0.15) is 0 Å². The minimum Gasteiger partial charge on any atom is -0.455 e. The molecule has 0 bridgehead atoms. The van der Waals surface area contributed by atoms with Crippen LogP contribution in [0.25, 0.3) is 0 Å². The highest BCUT2D eigenvalue weighted by Gasteiger charge is 2.24. The number of carbonyl (C=O) groups is 1. The number of carbonyl (C=O) groups excluding carboxylic acids is 1. The van der Waals surface area contributed by atoms with E-state index in [2.05, 4.69) is 0 Å². The Hall–Kier alpha value is -1.13. The molecule has 5 heteroatoms. The topological polar surface area (TPSA) is 69.4 Å². The highest BCUT2D eigenvalue weighted by atomic mass is 16.6. The lowest BCUT2D eigenvalue weighted by Gasteiger charge is -2.19. The maximum atomic E-state index is 10.7. The minimum absolute atomic E-state index is 0.0364. The van der Waals surface area contributed by atoms with Crippen molar-refractivity contribution in [1.29, 1.82) is 0 Å². The summed E-state index contributed by atoms with van der Waals surface area (Å²) in [7, 11) is 0. The molecule has 0 saturated carbocycles. The first-order chi connectivity index (χ1) is 6.47. The average molecular weight is 203 g/mol. The molecule has 0 aliphatic carbocycles. The van der Waals surface area contributed by atoms with Gasteiger partial charge in [0.05, 0.1) is 0 Å². The monoisotopic (exact) mass is 203 g/mol. The first-order valence-electron chi connectivity index (χ1n) is 4.76. The summed E-state index contributed by atoms with van der Waals surface area (Å²) < 4.78 is 4.89. The van der Waals surface area contributed by atoms with Gasteiger partial charge < -0.3 is 4.74 Å².